The first kappa shape index (κ1) is 14.4. The highest BCUT2D eigenvalue weighted by Gasteiger charge is 2.29. The Morgan fingerprint density at radius 2 is 1.65 bits per heavy atom. The van der Waals surface area contributed by atoms with E-state index in [2.05, 4.69) is 0 Å². The maximum absolute atomic E-state index is 13.1. The fraction of sp³-hybridized carbons (Fsp3) is 0.200. The first-order chi connectivity index (χ1) is 9.36. The van der Waals surface area contributed by atoms with Crippen LogP contribution in [0.15, 0.2) is 42.5 Å². The summed E-state index contributed by atoms with van der Waals surface area (Å²) in [5, 5.41) is 0. The highest BCUT2D eigenvalue weighted by atomic mass is 19.4. The average molecular weight is 284 g/mol. The van der Waals surface area contributed by atoms with Gasteiger partial charge in [-0.1, -0.05) is 6.07 Å². The van der Waals surface area contributed by atoms with Crippen molar-refractivity contribution in [3.05, 3.63) is 65.0 Å². The summed E-state index contributed by atoms with van der Waals surface area (Å²) in [6.45, 7) is 1.92. The molecule has 0 unspecified atom stereocenters. The third kappa shape index (κ3) is 3.50. The molecule has 0 aliphatic heterocycles. The molecule has 5 heteroatoms. The van der Waals surface area contributed by atoms with Gasteiger partial charge < -0.3 is 4.74 Å². The number of hydrogen-bond acceptors (Lipinski definition) is 1. The zero-order valence-electron chi connectivity index (χ0n) is 10.7. The van der Waals surface area contributed by atoms with Crippen molar-refractivity contribution >= 4 is 0 Å². The molecule has 0 aliphatic carbocycles. The summed E-state index contributed by atoms with van der Waals surface area (Å²) in [5.41, 5.74) is 0.787. The van der Waals surface area contributed by atoms with E-state index in [4.69, 9.17) is 4.74 Å². The molecule has 0 heterocycles. The molecule has 0 atom stereocenters. The van der Waals surface area contributed by atoms with Crippen LogP contribution in [0.1, 0.15) is 16.7 Å². The van der Waals surface area contributed by atoms with Crippen LogP contribution in [0.5, 0.6) is 5.75 Å². The van der Waals surface area contributed by atoms with E-state index >= 15 is 0 Å². The van der Waals surface area contributed by atoms with E-state index in [1.54, 1.807) is 6.07 Å². The van der Waals surface area contributed by atoms with Crippen molar-refractivity contribution in [3.8, 4) is 5.75 Å². The summed E-state index contributed by atoms with van der Waals surface area (Å²) in [7, 11) is 0. The monoisotopic (exact) mass is 284 g/mol. The lowest BCUT2D eigenvalue weighted by Gasteiger charge is -2.10. The molecule has 0 N–H and O–H groups in total. The van der Waals surface area contributed by atoms with Crippen LogP contribution >= 0.6 is 0 Å². The Bertz CT molecular complexity index is 588. The molecular formula is C15H12F4O. The van der Waals surface area contributed by atoms with Crippen molar-refractivity contribution in [2.45, 2.75) is 19.7 Å². The van der Waals surface area contributed by atoms with Crippen LogP contribution < -0.4 is 4.74 Å². The van der Waals surface area contributed by atoms with Crippen LogP contribution in [0.2, 0.25) is 0 Å². The maximum atomic E-state index is 13.1. The predicted octanol–water partition coefficient (Wildman–Crippen LogP) is 4.73. The molecule has 0 spiro atoms. The van der Waals surface area contributed by atoms with Crippen molar-refractivity contribution in [2.75, 3.05) is 0 Å². The third-order valence-corrected chi connectivity index (χ3v) is 2.89. The molecule has 0 fully saturated rings. The van der Waals surface area contributed by atoms with Gasteiger partial charge in [0.1, 0.15) is 18.2 Å². The van der Waals surface area contributed by atoms with Gasteiger partial charge in [0, 0.05) is 0 Å². The largest absolute Gasteiger partial charge is 0.489 e. The second kappa shape index (κ2) is 5.53. The van der Waals surface area contributed by atoms with Crippen LogP contribution in [0.3, 0.4) is 0 Å². The summed E-state index contributed by atoms with van der Waals surface area (Å²) in [6, 6.07) is 8.72. The van der Waals surface area contributed by atoms with E-state index in [1.165, 1.54) is 24.3 Å². The Hall–Kier alpha value is -2.04. The summed E-state index contributed by atoms with van der Waals surface area (Å²) in [6.07, 6.45) is -4.36. The fourth-order valence-corrected chi connectivity index (χ4v) is 1.70. The molecule has 106 valence electrons. The van der Waals surface area contributed by atoms with Gasteiger partial charge in [-0.25, -0.2) is 4.39 Å². The lowest BCUT2D eigenvalue weighted by molar-refractivity contribution is -0.137. The normalized spacial score (nSPS) is 11.4. The molecule has 0 saturated heterocycles. The number of hydrogen-bond donors (Lipinski definition) is 0. The molecule has 2 aromatic rings. The maximum Gasteiger partial charge on any atom is 0.416 e. The quantitative estimate of drug-likeness (QED) is 0.740. The van der Waals surface area contributed by atoms with Crippen LogP contribution in [-0.4, -0.2) is 0 Å². The molecule has 0 amide bonds. The van der Waals surface area contributed by atoms with Gasteiger partial charge in [-0.2, -0.15) is 13.2 Å². The van der Waals surface area contributed by atoms with E-state index in [1.807, 2.05) is 6.92 Å². The van der Waals surface area contributed by atoms with Gasteiger partial charge in [0.25, 0.3) is 0 Å². The van der Waals surface area contributed by atoms with E-state index in [0.29, 0.717) is 11.3 Å². The third-order valence-electron chi connectivity index (χ3n) is 2.89. The number of alkyl halides is 3. The van der Waals surface area contributed by atoms with Gasteiger partial charge in [0.2, 0.25) is 0 Å². The molecule has 2 rings (SSSR count). The van der Waals surface area contributed by atoms with Gasteiger partial charge >= 0.3 is 6.18 Å². The number of aryl methyl sites for hydroxylation is 1. The minimum atomic E-state index is -4.36. The molecule has 0 saturated carbocycles. The Morgan fingerprint density at radius 1 is 1.00 bits per heavy atom. The van der Waals surface area contributed by atoms with Crippen molar-refractivity contribution < 1.29 is 22.3 Å². The van der Waals surface area contributed by atoms with E-state index in [9.17, 15) is 17.6 Å². The standard InChI is InChI=1S/C15H12F4O/c1-10-2-5-13(16)8-11(10)9-20-14-6-3-12(4-7-14)15(17,18)19/h2-8H,9H2,1H3. The molecule has 0 bridgehead atoms. The van der Waals surface area contributed by atoms with Crippen molar-refractivity contribution in [3.63, 3.8) is 0 Å². The molecule has 0 aliphatic rings. The molecule has 0 radical (unpaired) electrons. The lowest BCUT2D eigenvalue weighted by atomic mass is 10.1. The van der Waals surface area contributed by atoms with Gasteiger partial charge in [0.15, 0.2) is 0 Å². The minimum absolute atomic E-state index is 0.106. The SMILES string of the molecule is Cc1ccc(F)cc1COc1ccc(C(F)(F)F)cc1. The van der Waals surface area contributed by atoms with Crippen LogP contribution in [-0.2, 0) is 12.8 Å². The minimum Gasteiger partial charge on any atom is -0.489 e. The number of halogens is 4. The van der Waals surface area contributed by atoms with E-state index in [0.717, 1.165) is 17.7 Å². The Labute approximate surface area is 113 Å². The highest BCUT2D eigenvalue weighted by Crippen LogP contribution is 2.30. The molecule has 2 aromatic carbocycles. The predicted molar refractivity (Wildman–Crippen MR) is 66.9 cm³/mol. The van der Waals surface area contributed by atoms with Gasteiger partial charge in [-0.3, -0.25) is 0 Å². The number of ether oxygens (including phenoxy) is 1. The van der Waals surface area contributed by atoms with Crippen LogP contribution in [0.25, 0.3) is 0 Å². The van der Waals surface area contributed by atoms with Crippen LogP contribution in [0, 0.1) is 12.7 Å². The first-order valence-electron chi connectivity index (χ1n) is 5.91. The molecule has 20 heavy (non-hydrogen) atoms. The zero-order valence-corrected chi connectivity index (χ0v) is 10.7. The smallest absolute Gasteiger partial charge is 0.416 e. The summed E-state index contributed by atoms with van der Waals surface area (Å²) < 4.78 is 55.6. The van der Waals surface area contributed by atoms with E-state index in [-0.39, 0.29) is 12.4 Å². The van der Waals surface area contributed by atoms with Crippen LogP contribution in [0.4, 0.5) is 17.6 Å². The van der Waals surface area contributed by atoms with Crippen molar-refractivity contribution in [2.24, 2.45) is 0 Å². The number of benzene rings is 2. The highest BCUT2D eigenvalue weighted by molar-refractivity contribution is 5.30. The van der Waals surface area contributed by atoms with Gasteiger partial charge in [0.05, 0.1) is 5.56 Å². The molecule has 1 nitrogen and oxygen atoms in total. The average Bonchev–Trinajstić information content (AvgIpc) is 2.39. The first-order valence-corrected chi connectivity index (χ1v) is 5.91. The van der Waals surface area contributed by atoms with E-state index < -0.39 is 11.7 Å². The van der Waals surface area contributed by atoms with Crippen molar-refractivity contribution in [1.29, 1.82) is 0 Å². The lowest BCUT2D eigenvalue weighted by Crippen LogP contribution is -2.04. The zero-order chi connectivity index (χ0) is 14.8. The van der Waals surface area contributed by atoms with Crippen molar-refractivity contribution in [1.82, 2.24) is 0 Å². The summed E-state index contributed by atoms with van der Waals surface area (Å²) in [5.74, 6) is -0.0664. The number of rotatable bonds is 3. The second-order valence-electron chi connectivity index (χ2n) is 4.38. The van der Waals surface area contributed by atoms with Gasteiger partial charge in [-0.15, -0.1) is 0 Å². The summed E-state index contributed by atoms with van der Waals surface area (Å²) in [4.78, 5) is 0. The molecule has 0 aromatic heterocycles. The Balaban J connectivity index is 2.06. The van der Waals surface area contributed by atoms with Gasteiger partial charge in [-0.05, 0) is 54.4 Å². The fourth-order valence-electron chi connectivity index (χ4n) is 1.70. The topological polar surface area (TPSA) is 9.23 Å². The Morgan fingerprint density at radius 3 is 2.25 bits per heavy atom. The second-order valence-corrected chi connectivity index (χ2v) is 4.38. The Kier molecular flexibility index (Phi) is 3.97. The molecular weight excluding hydrogens is 272 g/mol. The summed E-state index contributed by atoms with van der Waals surface area (Å²) >= 11 is 0.